The number of hydrogen-bond acceptors (Lipinski definition) is 4. The van der Waals surface area contributed by atoms with Crippen LogP contribution in [0.3, 0.4) is 0 Å². The fourth-order valence-electron chi connectivity index (χ4n) is 1.59. The minimum Gasteiger partial charge on any atom is -0.465 e. The molecule has 0 unspecified atom stereocenters. The second kappa shape index (κ2) is 5.63. The van der Waals surface area contributed by atoms with E-state index in [-0.39, 0.29) is 5.97 Å². The first-order chi connectivity index (χ1) is 9.02. The first-order valence-electron chi connectivity index (χ1n) is 5.62. The van der Waals surface area contributed by atoms with E-state index in [0.29, 0.717) is 5.56 Å². The molecule has 0 atom stereocenters. The Morgan fingerprint density at radius 3 is 2.74 bits per heavy atom. The number of thiocarbonyl (C=S) groups is 1. The van der Waals surface area contributed by atoms with Crippen molar-refractivity contribution in [3.05, 3.63) is 36.0 Å². The molecule has 0 fully saturated rings. The fourth-order valence-corrected chi connectivity index (χ4v) is 2.54. The van der Waals surface area contributed by atoms with Crippen LogP contribution in [0.25, 0.3) is 10.9 Å². The van der Waals surface area contributed by atoms with Crippen molar-refractivity contribution < 1.29 is 9.53 Å². The Balaban J connectivity index is 2.40. The Kier molecular flexibility index (Phi) is 4.11. The molecule has 1 aromatic heterocycles. The molecule has 1 heterocycles. The van der Waals surface area contributed by atoms with Crippen molar-refractivity contribution in [1.82, 2.24) is 8.87 Å². The first kappa shape index (κ1) is 13.9. The number of nitrogens with zero attached hydrogens (tertiary/aromatic N) is 2. The molecular formula is C13H14N2O2S2. The van der Waals surface area contributed by atoms with Crippen LogP contribution in [0.4, 0.5) is 0 Å². The Morgan fingerprint density at radius 1 is 1.37 bits per heavy atom. The summed E-state index contributed by atoms with van der Waals surface area (Å²) < 4.78 is 7.43. The summed E-state index contributed by atoms with van der Waals surface area (Å²) in [7, 11) is 5.18. The molecular weight excluding hydrogens is 280 g/mol. The van der Waals surface area contributed by atoms with Crippen molar-refractivity contribution in [3.63, 3.8) is 0 Å². The van der Waals surface area contributed by atoms with Crippen LogP contribution < -0.4 is 0 Å². The zero-order chi connectivity index (χ0) is 14.0. The van der Waals surface area contributed by atoms with Crippen LogP contribution in [0.5, 0.6) is 0 Å². The molecule has 0 aliphatic heterocycles. The van der Waals surface area contributed by atoms with Gasteiger partial charge < -0.3 is 9.64 Å². The third kappa shape index (κ3) is 2.90. The zero-order valence-corrected chi connectivity index (χ0v) is 12.5. The molecule has 0 amide bonds. The van der Waals surface area contributed by atoms with Crippen LogP contribution in [-0.2, 0) is 4.74 Å². The molecule has 2 aromatic rings. The molecule has 6 heteroatoms. The molecule has 100 valence electrons. The van der Waals surface area contributed by atoms with Crippen molar-refractivity contribution in [2.45, 2.75) is 0 Å². The lowest BCUT2D eigenvalue weighted by atomic mass is 10.2. The van der Waals surface area contributed by atoms with Crippen LogP contribution >= 0.6 is 24.2 Å². The van der Waals surface area contributed by atoms with Gasteiger partial charge in [-0.1, -0.05) is 18.3 Å². The summed E-state index contributed by atoms with van der Waals surface area (Å²) in [6.07, 6.45) is 1.94. The lowest BCUT2D eigenvalue weighted by Gasteiger charge is -2.13. The minimum atomic E-state index is -0.338. The Bertz CT molecular complexity index is 635. The molecule has 0 saturated carbocycles. The number of hydrogen-bond donors (Lipinski definition) is 0. The maximum atomic E-state index is 11.5. The summed E-state index contributed by atoms with van der Waals surface area (Å²) in [4.78, 5) is 13.4. The molecule has 0 saturated heterocycles. The second-order valence-corrected chi connectivity index (χ2v) is 5.77. The first-order valence-corrected chi connectivity index (χ1v) is 6.80. The Labute approximate surface area is 121 Å². The Morgan fingerprint density at radius 2 is 2.11 bits per heavy atom. The van der Waals surface area contributed by atoms with E-state index >= 15 is 0 Å². The van der Waals surface area contributed by atoms with Crippen LogP contribution in [-0.4, -0.2) is 40.4 Å². The molecule has 0 aliphatic rings. The molecule has 19 heavy (non-hydrogen) atoms. The quantitative estimate of drug-likeness (QED) is 0.628. The highest BCUT2D eigenvalue weighted by atomic mass is 32.2. The number of ether oxygens (including phenoxy) is 1. The highest BCUT2D eigenvalue weighted by Crippen LogP contribution is 2.23. The summed E-state index contributed by atoms with van der Waals surface area (Å²) in [6.45, 7) is 0. The number of fused-ring (bicyclic) bond motifs is 1. The van der Waals surface area contributed by atoms with Gasteiger partial charge in [0.1, 0.15) is 0 Å². The van der Waals surface area contributed by atoms with Gasteiger partial charge in [0, 0.05) is 37.6 Å². The van der Waals surface area contributed by atoms with Gasteiger partial charge in [0.15, 0.2) is 4.32 Å². The van der Waals surface area contributed by atoms with Crippen LogP contribution in [0.2, 0.25) is 0 Å². The molecule has 1 aromatic carbocycles. The van der Waals surface area contributed by atoms with Gasteiger partial charge in [-0.3, -0.25) is 3.97 Å². The monoisotopic (exact) mass is 294 g/mol. The molecule has 0 radical (unpaired) electrons. The second-order valence-electron chi connectivity index (χ2n) is 4.16. The maximum absolute atomic E-state index is 11.5. The van der Waals surface area contributed by atoms with Crippen molar-refractivity contribution in [3.8, 4) is 0 Å². The predicted molar refractivity (Wildman–Crippen MR) is 82.6 cm³/mol. The summed E-state index contributed by atoms with van der Waals surface area (Å²) in [5.74, 6) is -0.338. The number of rotatable bonds is 2. The topological polar surface area (TPSA) is 34.5 Å². The van der Waals surface area contributed by atoms with Crippen LogP contribution in [0, 0.1) is 0 Å². The molecule has 2 rings (SSSR count). The smallest absolute Gasteiger partial charge is 0.337 e. The fraction of sp³-hybridized carbons (Fsp3) is 0.231. The van der Waals surface area contributed by atoms with Crippen molar-refractivity contribution in [1.29, 1.82) is 0 Å². The van der Waals surface area contributed by atoms with Gasteiger partial charge in [-0.25, -0.2) is 4.79 Å². The third-order valence-corrected chi connectivity index (χ3v) is 4.25. The molecule has 0 N–H and O–H groups in total. The Hall–Kier alpha value is -1.53. The van der Waals surface area contributed by atoms with Crippen molar-refractivity contribution >= 4 is 45.4 Å². The average Bonchev–Trinajstić information content (AvgIpc) is 2.80. The van der Waals surface area contributed by atoms with E-state index in [1.807, 2.05) is 47.4 Å². The van der Waals surface area contributed by atoms with Gasteiger partial charge in [-0.2, -0.15) is 0 Å². The lowest BCUT2D eigenvalue weighted by molar-refractivity contribution is 0.0601. The van der Waals surface area contributed by atoms with E-state index in [9.17, 15) is 4.79 Å². The van der Waals surface area contributed by atoms with Gasteiger partial charge >= 0.3 is 5.97 Å². The lowest BCUT2D eigenvalue weighted by Crippen LogP contribution is -2.17. The van der Waals surface area contributed by atoms with E-state index in [0.717, 1.165) is 15.2 Å². The van der Waals surface area contributed by atoms with E-state index in [1.165, 1.54) is 19.1 Å². The molecule has 0 aliphatic carbocycles. The highest BCUT2D eigenvalue weighted by molar-refractivity contribution is 8.22. The molecule has 0 spiro atoms. The SMILES string of the molecule is COC(=O)c1ccc2ccn(SC(=S)N(C)C)c2c1. The third-order valence-electron chi connectivity index (χ3n) is 2.62. The van der Waals surface area contributed by atoms with E-state index < -0.39 is 0 Å². The number of esters is 1. The minimum absolute atomic E-state index is 0.338. The summed E-state index contributed by atoms with van der Waals surface area (Å²) in [5.41, 5.74) is 1.48. The number of benzene rings is 1. The summed E-state index contributed by atoms with van der Waals surface area (Å²) in [5, 5.41) is 1.06. The molecule has 4 nitrogen and oxygen atoms in total. The number of methoxy groups -OCH3 is 1. The maximum Gasteiger partial charge on any atom is 0.337 e. The zero-order valence-electron chi connectivity index (χ0n) is 10.9. The highest BCUT2D eigenvalue weighted by Gasteiger charge is 2.10. The van der Waals surface area contributed by atoms with E-state index in [4.69, 9.17) is 17.0 Å². The van der Waals surface area contributed by atoms with Crippen molar-refractivity contribution in [2.24, 2.45) is 0 Å². The van der Waals surface area contributed by atoms with Crippen molar-refractivity contribution in [2.75, 3.05) is 21.2 Å². The number of aromatic nitrogens is 1. The van der Waals surface area contributed by atoms with Gasteiger partial charge in [0.2, 0.25) is 0 Å². The van der Waals surface area contributed by atoms with Gasteiger partial charge in [-0.05, 0) is 18.2 Å². The number of carbonyl (C=O) groups is 1. The van der Waals surface area contributed by atoms with E-state index in [2.05, 4.69) is 0 Å². The predicted octanol–water partition coefficient (Wildman–Crippen LogP) is 2.77. The largest absolute Gasteiger partial charge is 0.465 e. The summed E-state index contributed by atoms with van der Waals surface area (Å²) in [6, 6.07) is 7.46. The normalized spacial score (nSPS) is 10.5. The number of carbonyl (C=O) groups excluding carboxylic acids is 1. The van der Waals surface area contributed by atoms with Gasteiger partial charge in [-0.15, -0.1) is 0 Å². The van der Waals surface area contributed by atoms with Crippen LogP contribution in [0.15, 0.2) is 30.5 Å². The summed E-state index contributed by atoms with van der Waals surface area (Å²) >= 11 is 6.71. The van der Waals surface area contributed by atoms with E-state index in [1.54, 1.807) is 6.07 Å². The van der Waals surface area contributed by atoms with Gasteiger partial charge in [0.25, 0.3) is 0 Å². The van der Waals surface area contributed by atoms with Gasteiger partial charge in [0.05, 0.1) is 18.2 Å². The standard InChI is InChI=1S/C13H14N2O2S2/c1-14(2)13(18)19-15-7-6-9-4-5-10(8-11(9)15)12(16)17-3/h4-8H,1-3H3. The molecule has 0 bridgehead atoms. The van der Waals surface area contributed by atoms with Crippen LogP contribution in [0.1, 0.15) is 10.4 Å². The average molecular weight is 294 g/mol.